The van der Waals surface area contributed by atoms with Crippen LogP contribution in [-0.2, 0) is 20.5 Å². The van der Waals surface area contributed by atoms with Gasteiger partial charge in [0.05, 0.1) is 23.8 Å². The van der Waals surface area contributed by atoms with Crippen LogP contribution in [0.15, 0.2) is 64.6 Å². The summed E-state index contributed by atoms with van der Waals surface area (Å²) in [5.74, 6) is 2.09. The van der Waals surface area contributed by atoms with Gasteiger partial charge in [-0.25, -0.2) is 18.1 Å². The third kappa shape index (κ3) is 4.55. The number of hydrogen-bond donors (Lipinski definition) is 0. The van der Waals surface area contributed by atoms with Crippen molar-refractivity contribution in [3.8, 4) is 5.69 Å². The number of sulfonamides is 1. The van der Waals surface area contributed by atoms with Crippen molar-refractivity contribution in [1.29, 1.82) is 0 Å². The molecule has 2 heterocycles. The Labute approximate surface area is 186 Å². The molecule has 0 N–H and O–H groups in total. The highest BCUT2D eigenvalue weighted by Gasteiger charge is 2.30. The molecule has 0 spiro atoms. The zero-order chi connectivity index (χ0) is 21.3. The Morgan fingerprint density at radius 3 is 2.55 bits per heavy atom. The van der Waals surface area contributed by atoms with Crippen LogP contribution in [0, 0.1) is 0 Å². The molecular weight excluding hydrogens is 432 g/mol. The average Bonchev–Trinajstić information content (AvgIpc) is 3.58. The summed E-state index contributed by atoms with van der Waals surface area (Å²) < 4.78 is 34.6. The Balaban J connectivity index is 1.33. The highest BCUT2D eigenvalue weighted by atomic mass is 32.2. The Hall–Kier alpha value is -2.20. The van der Waals surface area contributed by atoms with E-state index in [1.165, 1.54) is 16.1 Å². The number of hydrogen-bond acceptors (Lipinski definition) is 6. The average molecular weight is 457 g/mol. The van der Waals surface area contributed by atoms with Crippen LogP contribution in [-0.4, -0.2) is 53.8 Å². The van der Waals surface area contributed by atoms with Gasteiger partial charge in [-0.2, -0.15) is 4.31 Å². The molecule has 162 valence electrons. The van der Waals surface area contributed by atoms with Crippen LogP contribution in [0.3, 0.4) is 0 Å². The fourth-order valence-electron chi connectivity index (χ4n) is 3.61. The second-order valence-electron chi connectivity index (χ2n) is 7.73. The lowest BCUT2D eigenvalue weighted by Gasteiger charge is -2.26. The molecular formula is C22H24N4O3S2. The predicted molar refractivity (Wildman–Crippen MR) is 119 cm³/mol. The Morgan fingerprint density at radius 1 is 1.03 bits per heavy atom. The van der Waals surface area contributed by atoms with Gasteiger partial charge >= 0.3 is 0 Å². The molecule has 0 unspecified atom stereocenters. The van der Waals surface area contributed by atoms with Gasteiger partial charge in [-0.3, -0.25) is 0 Å². The van der Waals surface area contributed by atoms with Gasteiger partial charge in [-0.15, -0.1) is 5.10 Å². The molecule has 1 aliphatic heterocycles. The van der Waals surface area contributed by atoms with Gasteiger partial charge < -0.3 is 4.74 Å². The first-order valence-electron chi connectivity index (χ1n) is 10.4. The predicted octanol–water partition coefficient (Wildman–Crippen LogP) is 3.46. The van der Waals surface area contributed by atoms with E-state index >= 15 is 0 Å². The first-order valence-corrected chi connectivity index (χ1v) is 12.9. The van der Waals surface area contributed by atoms with Crippen LogP contribution >= 0.6 is 11.8 Å². The molecule has 0 atom stereocenters. The fourth-order valence-corrected chi connectivity index (χ4v) is 5.86. The van der Waals surface area contributed by atoms with Crippen LogP contribution in [0.2, 0.25) is 0 Å². The highest BCUT2D eigenvalue weighted by molar-refractivity contribution is 7.98. The third-order valence-corrected chi connectivity index (χ3v) is 8.23. The number of benzene rings is 2. The van der Waals surface area contributed by atoms with Crippen LogP contribution in [0.1, 0.15) is 30.1 Å². The standard InChI is InChI=1S/C22H24N4O3S2/c27-31(28,25-11-13-29-14-12-25)20-8-4-5-17(15-20)16-30-22-23-21(18-9-10-18)26(24-22)19-6-2-1-3-7-19/h1-8,15,18H,9-14,16H2. The van der Waals surface area contributed by atoms with Crippen molar-refractivity contribution >= 4 is 21.8 Å². The summed E-state index contributed by atoms with van der Waals surface area (Å²) in [6.07, 6.45) is 2.30. The molecule has 9 heteroatoms. The minimum atomic E-state index is -3.50. The van der Waals surface area contributed by atoms with Gasteiger partial charge in [0.1, 0.15) is 5.82 Å². The topological polar surface area (TPSA) is 77.3 Å². The molecule has 5 rings (SSSR count). The molecule has 0 bridgehead atoms. The summed E-state index contributed by atoms with van der Waals surface area (Å²) in [5, 5.41) is 5.44. The highest BCUT2D eigenvalue weighted by Crippen LogP contribution is 2.40. The zero-order valence-corrected chi connectivity index (χ0v) is 18.7. The molecule has 1 saturated heterocycles. The van der Waals surface area contributed by atoms with E-state index in [0.717, 1.165) is 29.9 Å². The van der Waals surface area contributed by atoms with E-state index in [9.17, 15) is 8.42 Å². The lowest BCUT2D eigenvalue weighted by atomic mass is 10.2. The number of rotatable bonds is 7. The minimum absolute atomic E-state index is 0.328. The van der Waals surface area contributed by atoms with Gasteiger partial charge in [0.2, 0.25) is 15.2 Å². The van der Waals surface area contributed by atoms with Crippen molar-refractivity contribution in [3.63, 3.8) is 0 Å². The third-order valence-electron chi connectivity index (χ3n) is 5.43. The van der Waals surface area contributed by atoms with Gasteiger partial charge in [0.25, 0.3) is 0 Å². The van der Waals surface area contributed by atoms with Gasteiger partial charge in [-0.05, 0) is 42.7 Å². The Bertz CT molecular complexity index is 1150. The maximum atomic E-state index is 12.9. The maximum Gasteiger partial charge on any atom is 0.243 e. The van der Waals surface area contributed by atoms with E-state index in [-0.39, 0.29) is 0 Å². The number of ether oxygens (including phenoxy) is 1. The van der Waals surface area contributed by atoms with E-state index in [2.05, 4.69) is 0 Å². The second kappa shape index (κ2) is 8.74. The molecule has 1 aliphatic carbocycles. The summed E-state index contributed by atoms with van der Waals surface area (Å²) in [5.41, 5.74) is 1.95. The van der Waals surface area contributed by atoms with E-state index in [1.807, 2.05) is 41.1 Å². The molecule has 0 amide bonds. The maximum absolute atomic E-state index is 12.9. The van der Waals surface area contributed by atoms with E-state index in [4.69, 9.17) is 14.8 Å². The summed E-state index contributed by atoms with van der Waals surface area (Å²) in [6, 6.07) is 17.2. The largest absolute Gasteiger partial charge is 0.379 e. The molecule has 2 fully saturated rings. The first-order chi connectivity index (χ1) is 15.1. The van der Waals surface area contributed by atoms with Crippen LogP contribution in [0.25, 0.3) is 5.69 Å². The molecule has 1 aromatic heterocycles. The van der Waals surface area contributed by atoms with Crippen molar-refractivity contribution in [2.24, 2.45) is 0 Å². The quantitative estimate of drug-likeness (QED) is 0.507. The SMILES string of the molecule is O=S(=O)(c1cccc(CSc2nc(C3CC3)n(-c3ccccc3)n2)c1)N1CCOCC1. The normalized spacial score (nSPS) is 17.7. The van der Waals surface area contributed by atoms with Crippen molar-refractivity contribution in [3.05, 3.63) is 66.0 Å². The number of para-hydroxylation sites is 1. The molecule has 1 saturated carbocycles. The van der Waals surface area contributed by atoms with Crippen molar-refractivity contribution < 1.29 is 13.2 Å². The summed E-state index contributed by atoms with van der Waals surface area (Å²) in [4.78, 5) is 5.11. The monoisotopic (exact) mass is 456 g/mol. The van der Waals surface area contributed by atoms with Crippen molar-refractivity contribution in [1.82, 2.24) is 19.1 Å². The van der Waals surface area contributed by atoms with Crippen molar-refractivity contribution in [2.45, 2.75) is 34.6 Å². The van der Waals surface area contributed by atoms with Gasteiger partial charge in [-0.1, -0.05) is 42.1 Å². The van der Waals surface area contributed by atoms with Crippen LogP contribution < -0.4 is 0 Å². The van der Waals surface area contributed by atoms with Crippen LogP contribution in [0.5, 0.6) is 0 Å². The number of nitrogens with zero attached hydrogens (tertiary/aromatic N) is 4. The zero-order valence-electron chi connectivity index (χ0n) is 17.1. The molecule has 2 aliphatic rings. The van der Waals surface area contributed by atoms with Crippen molar-refractivity contribution in [2.75, 3.05) is 26.3 Å². The van der Waals surface area contributed by atoms with Gasteiger partial charge in [0, 0.05) is 24.8 Å². The molecule has 3 aromatic rings. The lowest BCUT2D eigenvalue weighted by molar-refractivity contribution is 0.0730. The van der Waals surface area contributed by atoms with Gasteiger partial charge in [0.15, 0.2) is 0 Å². The number of thioether (sulfide) groups is 1. The van der Waals surface area contributed by atoms with E-state index in [1.54, 1.807) is 18.2 Å². The number of morpholine rings is 1. The Kier molecular flexibility index (Phi) is 5.83. The summed E-state index contributed by atoms with van der Waals surface area (Å²) >= 11 is 1.53. The lowest BCUT2D eigenvalue weighted by Crippen LogP contribution is -2.40. The smallest absolute Gasteiger partial charge is 0.243 e. The van der Waals surface area contributed by atoms with E-state index in [0.29, 0.717) is 48.0 Å². The van der Waals surface area contributed by atoms with Crippen LogP contribution in [0.4, 0.5) is 0 Å². The summed E-state index contributed by atoms with van der Waals surface area (Å²) in [6.45, 7) is 1.67. The molecule has 0 radical (unpaired) electrons. The molecule has 31 heavy (non-hydrogen) atoms. The first kappa shape index (κ1) is 20.7. The summed E-state index contributed by atoms with van der Waals surface area (Å²) in [7, 11) is -3.50. The molecule has 2 aromatic carbocycles. The minimum Gasteiger partial charge on any atom is -0.379 e. The fraction of sp³-hybridized carbons (Fsp3) is 0.364. The molecule has 7 nitrogen and oxygen atoms in total. The Morgan fingerprint density at radius 2 is 1.81 bits per heavy atom. The van der Waals surface area contributed by atoms with E-state index < -0.39 is 10.0 Å². The second-order valence-corrected chi connectivity index (χ2v) is 10.6. The number of aromatic nitrogens is 3.